The zero-order valence-corrected chi connectivity index (χ0v) is 11.7. The summed E-state index contributed by atoms with van der Waals surface area (Å²) in [6.07, 6.45) is 3.59. The summed E-state index contributed by atoms with van der Waals surface area (Å²) < 4.78 is 12.8. The van der Waals surface area contributed by atoms with Gasteiger partial charge in [-0.3, -0.25) is 5.01 Å². The fourth-order valence-corrected chi connectivity index (χ4v) is 2.28. The molecule has 2 aromatic rings. The molecule has 0 spiro atoms. The van der Waals surface area contributed by atoms with E-state index in [0.717, 1.165) is 37.6 Å². The van der Waals surface area contributed by atoms with Gasteiger partial charge in [0.1, 0.15) is 11.6 Å². The third-order valence-corrected chi connectivity index (χ3v) is 3.47. The van der Waals surface area contributed by atoms with Gasteiger partial charge in [-0.15, -0.1) is 0 Å². The van der Waals surface area contributed by atoms with Crippen molar-refractivity contribution in [1.82, 2.24) is 9.99 Å². The molecule has 0 N–H and O–H groups in total. The van der Waals surface area contributed by atoms with E-state index in [4.69, 9.17) is 0 Å². The number of pyridine rings is 1. The average Bonchev–Trinajstić information content (AvgIpc) is 2.56. The van der Waals surface area contributed by atoms with Crippen molar-refractivity contribution in [2.45, 2.75) is 0 Å². The van der Waals surface area contributed by atoms with E-state index in [0.29, 0.717) is 0 Å². The summed E-state index contributed by atoms with van der Waals surface area (Å²) in [4.78, 5) is 6.62. The number of hydrazone groups is 1. The van der Waals surface area contributed by atoms with Crippen LogP contribution in [0.3, 0.4) is 0 Å². The maximum Gasteiger partial charge on any atom is 0.128 e. The molecule has 108 valence electrons. The van der Waals surface area contributed by atoms with E-state index < -0.39 is 0 Å². The van der Waals surface area contributed by atoms with Crippen molar-refractivity contribution in [2.75, 3.05) is 31.1 Å². The normalized spacial score (nSPS) is 15.7. The van der Waals surface area contributed by atoms with Crippen molar-refractivity contribution in [2.24, 2.45) is 5.10 Å². The van der Waals surface area contributed by atoms with Crippen LogP contribution < -0.4 is 4.90 Å². The molecule has 0 radical (unpaired) electrons. The van der Waals surface area contributed by atoms with Crippen molar-refractivity contribution in [3.8, 4) is 0 Å². The summed E-state index contributed by atoms with van der Waals surface area (Å²) in [5, 5.41) is 6.48. The van der Waals surface area contributed by atoms with Crippen LogP contribution in [-0.2, 0) is 0 Å². The number of benzene rings is 1. The molecule has 0 saturated carbocycles. The first kappa shape index (κ1) is 13.5. The molecule has 4 nitrogen and oxygen atoms in total. The van der Waals surface area contributed by atoms with Crippen molar-refractivity contribution >= 4 is 12.0 Å². The monoisotopic (exact) mass is 284 g/mol. The molecule has 3 rings (SSSR count). The van der Waals surface area contributed by atoms with Gasteiger partial charge in [0.05, 0.1) is 19.3 Å². The highest BCUT2D eigenvalue weighted by molar-refractivity contribution is 5.79. The molecule has 1 aromatic heterocycles. The van der Waals surface area contributed by atoms with Crippen molar-refractivity contribution in [1.29, 1.82) is 0 Å². The molecular weight excluding hydrogens is 267 g/mol. The van der Waals surface area contributed by atoms with Gasteiger partial charge in [-0.25, -0.2) is 9.37 Å². The molecule has 0 aliphatic carbocycles. The maximum absolute atomic E-state index is 12.8. The first-order valence-electron chi connectivity index (χ1n) is 7.02. The number of hydrogen-bond donors (Lipinski definition) is 0. The van der Waals surface area contributed by atoms with E-state index in [1.54, 1.807) is 18.3 Å². The van der Waals surface area contributed by atoms with Gasteiger partial charge in [0, 0.05) is 19.3 Å². The zero-order chi connectivity index (χ0) is 14.5. The first-order valence-corrected chi connectivity index (χ1v) is 7.02. The minimum Gasteiger partial charge on any atom is -0.353 e. The fraction of sp³-hybridized carbons (Fsp3) is 0.250. The lowest BCUT2D eigenvalue weighted by Crippen LogP contribution is -2.44. The quantitative estimate of drug-likeness (QED) is 0.811. The number of anilines is 1. The molecule has 1 fully saturated rings. The summed E-state index contributed by atoms with van der Waals surface area (Å²) in [6, 6.07) is 12.3. The second kappa shape index (κ2) is 6.35. The molecule has 0 unspecified atom stereocenters. The molecule has 0 atom stereocenters. The van der Waals surface area contributed by atoms with Gasteiger partial charge in [-0.2, -0.15) is 5.10 Å². The lowest BCUT2D eigenvalue weighted by atomic mass is 10.2. The van der Waals surface area contributed by atoms with Crippen LogP contribution in [0.2, 0.25) is 0 Å². The molecule has 1 aliphatic heterocycles. The first-order chi connectivity index (χ1) is 10.3. The Labute approximate surface area is 123 Å². The van der Waals surface area contributed by atoms with E-state index >= 15 is 0 Å². The SMILES string of the molecule is Fc1ccc(/C=N/N2CCN(c3ccccn3)CC2)cc1. The smallest absolute Gasteiger partial charge is 0.128 e. The van der Waals surface area contributed by atoms with Crippen molar-refractivity contribution in [3.05, 3.63) is 60.0 Å². The summed E-state index contributed by atoms with van der Waals surface area (Å²) in [5.74, 6) is 0.788. The predicted octanol–water partition coefficient (Wildman–Crippen LogP) is 2.38. The van der Waals surface area contributed by atoms with Gasteiger partial charge in [0.15, 0.2) is 0 Å². The topological polar surface area (TPSA) is 31.7 Å². The van der Waals surface area contributed by atoms with Crippen LogP contribution in [0.4, 0.5) is 10.2 Å². The molecule has 0 amide bonds. The van der Waals surface area contributed by atoms with Crippen LogP contribution in [-0.4, -0.2) is 42.4 Å². The van der Waals surface area contributed by atoms with Crippen LogP contribution in [0.5, 0.6) is 0 Å². The molecule has 0 bridgehead atoms. The number of aromatic nitrogens is 1. The van der Waals surface area contributed by atoms with Gasteiger partial charge >= 0.3 is 0 Å². The minimum absolute atomic E-state index is 0.226. The summed E-state index contributed by atoms with van der Waals surface area (Å²) >= 11 is 0. The Hall–Kier alpha value is -2.43. The van der Waals surface area contributed by atoms with Crippen LogP contribution in [0.1, 0.15) is 5.56 Å². The fourth-order valence-electron chi connectivity index (χ4n) is 2.28. The standard InChI is InChI=1S/C16H17FN4/c17-15-6-4-14(5-7-15)13-19-21-11-9-20(10-12-21)16-3-1-2-8-18-16/h1-8,13H,9-12H2/b19-13+. The van der Waals surface area contributed by atoms with Gasteiger partial charge < -0.3 is 4.90 Å². The second-order valence-electron chi connectivity index (χ2n) is 4.92. The number of piperazine rings is 1. The van der Waals surface area contributed by atoms with E-state index in [1.165, 1.54) is 12.1 Å². The van der Waals surface area contributed by atoms with E-state index in [9.17, 15) is 4.39 Å². The third kappa shape index (κ3) is 3.56. The minimum atomic E-state index is -0.226. The van der Waals surface area contributed by atoms with Crippen molar-refractivity contribution in [3.63, 3.8) is 0 Å². The van der Waals surface area contributed by atoms with E-state index in [-0.39, 0.29) is 5.82 Å². The lowest BCUT2D eigenvalue weighted by molar-refractivity contribution is 0.271. The maximum atomic E-state index is 12.8. The van der Waals surface area contributed by atoms with Crippen LogP contribution in [0, 0.1) is 5.82 Å². The number of nitrogens with zero attached hydrogens (tertiary/aromatic N) is 4. The molecule has 2 heterocycles. The molecule has 1 aromatic carbocycles. The van der Waals surface area contributed by atoms with Gasteiger partial charge in [-0.1, -0.05) is 18.2 Å². The Kier molecular flexibility index (Phi) is 4.09. The summed E-state index contributed by atoms with van der Waals surface area (Å²) in [5.41, 5.74) is 0.906. The largest absolute Gasteiger partial charge is 0.353 e. The predicted molar refractivity (Wildman–Crippen MR) is 82.0 cm³/mol. The Morgan fingerprint density at radius 1 is 1.00 bits per heavy atom. The van der Waals surface area contributed by atoms with Gasteiger partial charge in [0.2, 0.25) is 0 Å². The number of hydrogen-bond acceptors (Lipinski definition) is 4. The highest BCUT2D eigenvalue weighted by Crippen LogP contribution is 2.12. The Morgan fingerprint density at radius 2 is 1.76 bits per heavy atom. The van der Waals surface area contributed by atoms with E-state index in [1.807, 2.05) is 29.4 Å². The van der Waals surface area contributed by atoms with Crippen molar-refractivity contribution < 1.29 is 4.39 Å². The van der Waals surface area contributed by atoms with Gasteiger partial charge in [-0.05, 0) is 29.8 Å². The van der Waals surface area contributed by atoms with Crippen LogP contribution >= 0.6 is 0 Å². The Morgan fingerprint density at radius 3 is 2.43 bits per heavy atom. The highest BCUT2D eigenvalue weighted by Gasteiger charge is 2.15. The zero-order valence-electron chi connectivity index (χ0n) is 11.7. The number of rotatable bonds is 3. The molecule has 1 aliphatic rings. The lowest BCUT2D eigenvalue weighted by Gasteiger charge is -2.33. The number of halogens is 1. The van der Waals surface area contributed by atoms with Gasteiger partial charge in [0.25, 0.3) is 0 Å². The average molecular weight is 284 g/mol. The van der Waals surface area contributed by atoms with E-state index in [2.05, 4.69) is 15.0 Å². The Bertz CT molecular complexity index is 589. The molecule has 5 heteroatoms. The second-order valence-corrected chi connectivity index (χ2v) is 4.92. The van der Waals surface area contributed by atoms with Crippen LogP contribution in [0.15, 0.2) is 53.8 Å². The highest BCUT2D eigenvalue weighted by atomic mass is 19.1. The molecule has 21 heavy (non-hydrogen) atoms. The van der Waals surface area contributed by atoms with Crippen LogP contribution in [0.25, 0.3) is 0 Å². The molecule has 1 saturated heterocycles. The Balaban J connectivity index is 1.55. The summed E-state index contributed by atoms with van der Waals surface area (Å²) in [6.45, 7) is 3.51. The summed E-state index contributed by atoms with van der Waals surface area (Å²) in [7, 11) is 0. The third-order valence-electron chi connectivity index (χ3n) is 3.47. The molecular formula is C16H17FN4.